The van der Waals surface area contributed by atoms with Crippen molar-refractivity contribution in [1.82, 2.24) is 20.1 Å². The average Bonchev–Trinajstić information content (AvgIpc) is 3.39. The lowest BCUT2D eigenvalue weighted by Gasteiger charge is -2.29. The van der Waals surface area contributed by atoms with E-state index in [9.17, 15) is 22.8 Å². The van der Waals surface area contributed by atoms with Crippen LogP contribution < -0.4 is 10.2 Å². The number of aromatic nitrogens is 3. The molecule has 2 atom stereocenters. The predicted octanol–water partition coefficient (Wildman–Crippen LogP) is 4.18. The van der Waals surface area contributed by atoms with Crippen molar-refractivity contribution in [1.29, 1.82) is 0 Å². The number of carbonyl (C=O) groups excluding carboxylic acids is 2. The highest BCUT2D eigenvalue weighted by molar-refractivity contribution is 5.99. The third-order valence-corrected chi connectivity index (χ3v) is 5.92. The Morgan fingerprint density at radius 1 is 1.06 bits per heavy atom. The Bertz CT molecular complexity index is 1400. The van der Waals surface area contributed by atoms with Crippen molar-refractivity contribution in [3.8, 4) is 5.69 Å². The lowest BCUT2D eigenvalue weighted by atomic mass is 9.99. The highest BCUT2D eigenvalue weighted by atomic mass is 19.3. The Morgan fingerprint density at radius 2 is 1.77 bits per heavy atom. The number of fused-ring (bicyclic) bond motifs is 1. The third kappa shape index (κ3) is 4.23. The van der Waals surface area contributed by atoms with Crippen LogP contribution in [0.1, 0.15) is 24.9 Å². The van der Waals surface area contributed by atoms with E-state index in [-0.39, 0.29) is 18.1 Å². The lowest BCUT2D eigenvalue weighted by molar-refractivity contribution is -0.143. The third-order valence-electron chi connectivity index (χ3n) is 5.92. The van der Waals surface area contributed by atoms with Gasteiger partial charge in [0.25, 0.3) is 5.91 Å². The fourth-order valence-electron chi connectivity index (χ4n) is 4.31. The lowest BCUT2D eigenvalue weighted by Crippen LogP contribution is -2.46. The molecule has 0 radical (unpaired) electrons. The van der Waals surface area contributed by atoms with E-state index in [1.54, 1.807) is 59.4 Å². The van der Waals surface area contributed by atoms with Crippen LogP contribution in [-0.2, 0) is 9.59 Å². The maximum Gasteiger partial charge on any atom is 0.321 e. The van der Waals surface area contributed by atoms with Crippen LogP contribution in [0.2, 0.25) is 0 Å². The van der Waals surface area contributed by atoms with E-state index < -0.39 is 23.9 Å². The van der Waals surface area contributed by atoms with Gasteiger partial charge in [-0.2, -0.15) is 13.9 Å². The molecule has 2 amide bonds. The molecule has 0 saturated carbocycles. The minimum atomic E-state index is -3.58. The zero-order valence-electron chi connectivity index (χ0n) is 18.5. The van der Waals surface area contributed by atoms with E-state index in [0.29, 0.717) is 34.9 Å². The van der Waals surface area contributed by atoms with Crippen molar-refractivity contribution in [3.63, 3.8) is 0 Å². The van der Waals surface area contributed by atoms with Crippen LogP contribution in [0.3, 0.4) is 0 Å². The number of anilines is 1. The predicted molar refractivity (Wildman–Crippen MR) is 123 cm³/mol. The summed E-state index contributed by atoms with van der Waals surface area (Å²) in [6.07, 6.45) is 2.93. The topological polar surface area (TPSA) is 80.1 Å². The molecule has 10 heteroatoms. The Morgan fingerprint density at radius 3 is 2.46 bits per heavy atom. The molecule has 2 unspecified atom stereocenters. The van der Waals surface area contributed by atoms with E-state index in [4.69, 9.17) is 0 Å². The van der Waals surface area contributed by atoms with Crippen LogP contribution in [0.25, 0.3) is 16.7 Å². The Labute approximate surface area is 198 Å². The minimum absolute atomic E-state index is 0.145. The minimum Gasteiger partial charge on any atom is -0.345 e. The second-order valence-corrected chi connectivity index (χ2v) is 8.43. The molecule has 2 aromatic carbocycles. The summed E-state index contributed by atoms with van der Waals surface area (Å²) in [5.74, 6) is -5.72. The molecular weight excluding hydrogens is 459 g/mol. The van der Waals surface area contributed by atoms with Crippen molar-refractivity contribution in [2.45, 2.75) is 31.4 Å². The van der Waals surface area contributed by atoms with Gasteiger partial charge in [0, 0.05) is 18.7 Å². The van der Waals surface area contributed by atoms with E-state index >= 15 is 0 Å². The van der Waals surface area contributed by atoms with Crippen molar-refractivity contribution < 1.29 is 22.8 Å². The van der Waals surface area contributed by atoms with Gasteiger partial charge in [-0.15, -0.1) is 0 Å². The zero-order chi connectivity index (χ0) is 24.7. The van der Waals surface area contributed by atoms with Gasteiger partial charge in [0.05, 0.1) is 35.9 Å². The van der Waals surface area contributed by atoms with Gasteiger partial charge in [-0.05, 0) is 35.9 Å². The van der Waals surface area contributed by atoms with Crippen molar-refractivity contribution in [2.75, 3.05) is 4.90 Å². The summed E-state index contributed by atoms with van der Waals surface area (Å²) in [5, 5.41) is 7.30. The smallest absolute Gasteiger partial charge is 0.321 e. The average molecular weight is 479 g/mol. The normalized spacial score (nSPS) is 18.3. The number of carbonyl (C=O) groups is 2. The highest BCUT2D eigenvalue weighted by Crippen LogP contribution is 2.38. The van der Waals surface area contributed by atoms with Crippen LogP contribution in [-0.4, -0.2) is 38.5 Å². The van der Waals surface area contributed by atoms with Crippen LogP contribution in [0.15, 0.2) is 73.1 Å². The van der Waals surface area contributed by atoms with Gasteiger partial charge in [0.1, 0.15) is 5.82 Å². The van der Waals surface area contributed by atoms with Gasteiger partial charge in [0.15, 0.2) is 5.65 Å². The molecule has 1 N–H and O–H groups in total. The summed E-state index contributed by atoms with van der Waals surface area (Å²) in [4.78, 5) is 31.1. The molecule has 4 aromatic rings. The molecule has 1 aliphatic rings. The summed E-state index contributed by atoms with van der Waals surface area (Å²) in [7, 11) is 0. The van der Waals surface area contributed by atoms with Gasteiger partial charge in [0.2, 0.25) is 5.91 Å². The molecule has 1 aliphatic heterocycles. The molecule has 3 heterocycles. The molecule has 1 saturated heterocycles. The van der Waals surface area contributed by atoms with Crippen molar-refractivity contribution in [2.24, 2.45) is 0 Å². The number of hydrogen-bond acceptors (Lipinski definition) is 4. The second-order valence-electron chi connectivity index (χ2n) is 8.43. The van der Waals surface area contributed by atoms with Crippen molar-refractivity contribution in [3.05, 3.63) is 84.4 Å². The number of nitrogens with zero attached hydrogens (tertiary/aromatic N) is 4. The number of amides is 2. The zero-order valence-corrected chi connectivity index (χ0v) is 18.5. The van der Waals surface area contributed by atoms with Gasteiger partial charge >= 0.3 is 5.92 Å². The number of pyridine rings is 1. The number of nitrogens with one attached hydrogen (secondary N) is 1. The molecule has 1 fully saturated rings. The number of benzene rings is 2. The van der Waals surface area contributed by atoms with Crippen LogP contribution >= 0.6 is 0 Å². The van der Waals surface area contributed by atoms with Gasteiger partial charge in [-0.3, -0.25) is 9.59 Å². The Balaban J connectivity index is 1.53. The SMILES string of the molecule is CC(F)(F)C(=O)NC1CC(=O)N(c2cnc3c(cnn3-c3ccc(F)cc3)c2)C1c1ccccc1. The van der Waals surface area contributed by atoms with Crippen molar-refractivity contribution >= 4 is 28.5 Å². The Hall–Kier alpha value is -4.21. The fraction of sp³-hybridized carbons (Fsp3) is 0.200. The fourth-order valence-corrected chi connectivity index (χ4v) is 4.31. The van der Waals surface area contributed by atoms with Gasteiger partial charge in [-0.25, -0.2) is 14.1 Å². The molecule has 35 heavy (non-hydrogen) atoms. The number of hydrogen-bond donors (Lipinski definition) is 1. The summed E-state index contributed by atoms with van der Waals surface area (Å²) in [6.45, 7) is 0.519. The summed E-state index contributed by atoms with van der Waals surface area (Å²) in [5.41, 5.74) is 2.24. The molecule has 0 spiro atoms. The summed E-state index contributed by atoms with van der Waals surface area (Å²) >= 11 is 0. The molecule has 7 nitrogen and oxygen atoms in total. The van der Waals surface area contributed by atoms with Gasteiger partial charge < -0.3 is 10.2 Å². The first-order chi connectivity index (χ1) is 16.7. The quantitative estimate of drug-likeness (QED) is 0.466. The number of alkyl halides is 2. The van der Waals surface area contributed by atoms with Gasteiger partial charge in [-0.1, -0.05) is 30.3 Å². The number of halogens is 3. The van der Waals surface area contributed by atoms with E-state index in [2.05, 4.69) is 15.4 Å². The first-order valence-corrected chi connectivity index (χ1v) is 10.9. The highest BCUT2D eigenvalue weighted by Gasteiger charge is 2.45. The maximum atomic E-state index is 13.6. The Kier molecular flexibility index (Phi) is 5.50. The van der Waals surface area contributed by atoms with E-state index in [0.717, 1.165) is 0 Å². The number of rotatable bonds is 5. The largest absolute Gasteiger partial charge is 0.345 e. The van der Waals surface area contributed by atoms with Crippen LogP contribution in [0.5, 0.6) is 0 Å². The molecule has 0 aliphatic carbocycles. The van der Waals surface area contributed by atoms with E-state index in [1.807, 2.05) is 0 Å². The first-order valence-electron chi connectivity index (χ1n) is 10.9. The first kappa shape index (κ1) is 22.6. The maximum absolute atomic E-state index is 13.6. The monoisotopic (exact) mass is 479 g/mol. The molecule has 178 valence electrons. The standard InChI is InChI=1S/C25H20F3N5O2/c1-25(27,28)24(35)31-20-12-21(34)32(22(20)15-5-3-2-4-6-15)19-11-16-13-30-33(23(16)29-14-19)18-9-7-17(26)8-10-18/h2-11,13-14,20,22H,12H2,1H3,(H,31,35). The molecule has 5 rings (SSSR count). The van der Waals surface area contributed by atoms with Crippen LogP contribution in [0, 0.1) is 5.82 Å². The van der Waals surface area contributed by atoms with Crippen LogP contribution in [0.4, 0.5) is 18.9 Å². The molecular formula is C25H20F3N5O2. The molecule has 2 aromatic heterocycles. The molecule has 0 bridgehead atoms. The van der Waals surface area contributed by atoms with E-state index in [1.165, 1.54) is 23.2 Å². The summed E-state index contributed by atoms with van der Waals surface area (Å²) < 4.78 is 42.1. The summed E-state index contributed by atoms with van der Waals surface area (Å²) in [6, 6.07) is 14.8. The second kappa shape index (κ2) is 8.53.